The molecule has 1 atom stereocenters. The Hall–Kier alpha value is -0.340. The maximum Gasteiger partial charge on any atom is 0.0178 e. The summed E-state index contributed by atoms with van der Waals surface area (Å²) in [6, 6.07) is 8.73. The van der Waals surface area contributed by atoms with Crippen molar-refractivity contribution in [1.82, 2.24) is 5.32 Å². The number of hydrogen-bond acceptors (Lipinski definition) is 1. The molecule has 0 bridgehead atoms. The number of benzene rings is 1. The fraction of sp³-hybridized carbons (Fsp3) is 0.625. The van der Waals surface area contributed by atoms with Gasteiger partial charge in [-0.15, -0.1) is 0 Å². The lowest BCUT2D eigenvalue weighted by Crippen LogP contribution is -2.22. The Labute approximate surface area is 120 Å². The number of rotatable bonds is 6. The van der Waals surface area contributed by atoms with E-state index in [1.165, 1.54) is 22.9 Å². The van der Waals surface area contributed by atoms with Gasteiger partial charge < -0.3 is 5.32 Å². The Kier molecular flexibility index (Phi) is 6.37. The minimum Gasteiger partial charge on any atom is -0.316 e. The lowest BCUT2D eigenvalue weighted by molar-refractivity contribution is 0.345. The molecule has 1 nitrogen and oxygen atoms in total. The molecule has 0 aromatic heterocycles. The second kappa shape index (κ2) is 7.30. The molecule has 0 aliphatic rings. The minimum atomic E-state index is 0.413. The zero-order chi connectivity index (χ0) is 13.6. The van der Waals surface area contributed by atoms with Gasteiger partial charge in [-0.1, -0.05) is 55.8 Å². The Morgan fingerprint density at radius 2 is 2.00 bits per heavy atom. The summed E-state index contributed by atoms with van der Waals surface area (Å²) in [7, 11) is 0. The van der Waals surface area contributed by atoms with E-state index in [0.29, 0.717) is 11.3 Å². The first kappa shape index (κ1) is 15.7. The Bertz CT molecular complexity index is 354. The lowest BCUT2D eigenvalue weighted by Gasteiger charge is -2.24. The van der Waals surface area contributed by atoms with Crippen LogP contribution in [0, 0.1) is 5.41 Å². The van der Waals surface area contributed by atoms with Gasteiger partial charge in [0.2, 0.25) is 0 Å². The van der Waals surface area contributed by atoms with Gasteiger partial charge in [0.1, 0.15) is 0 Å². The van der Waals surface area contributed by atoms with Crippen molar-refractivity contribution < 1.29 is 0 Å². The van der Waals surface area contributed by atoms with E-state index in [2.05, 4.69) is 73.2 Å². The van der Waals surface area contributed by atoms with Crippen LogP contribution in [0.1, 0.15) is 52.0 Å². The van der Waals surface area contributed by atoms with E-state index in [1.807, 2.05) is 0 Å². The van der Waals surface area contributed by atoms with Crippen molar-refractivity contribution in [3.05, 3.63) is 34.3 Å². The van der Waals surface area contributed by atoms with Crippen molar-refractivity contribution in [3.8, 4) is 0 Å². The molecule has 102 valence electrons. The van der Waals surface area contributed by atoms with Crippen LogP contribution >= 0.6 is 15.9 Å². The molecule has 1 aromatic rings. The third-order valence-electron chi connectivity index (χ3n) is 3.20. The summed E-state index contributed by atoms with van der Waals surface area (Å²) in [5.41, 5.74) is 1.85. The molecule has 0 amide bonds. The number of halogens is 1. The summed E-state index contributed by atoms with van der Waals surface area (Å²) in [6.07, 6.45) is 2.50. The van der Waals surface area contributed by atoms with Gasteiger partial charge in [0.15, 0.2) is 0 Å². The SMILES string of the molecule is CCNCC(CCC(C)(C)C)c1cccc(Br)c1. The molecule has 1 N–H and O–H groups in total. The van der Waals surface area contributed by atoms with Crippen molar-refractivity contribution >= 4 is 15.9 Å². The van der Waals surface area contributed by atoms with Gasteiger partial charge in [0.25, 0.3) is 0 Å². The first-order valence-corrected chi connectivity index (χ1v) is 7.68. The average molecular weight is 312 g/mol. The van der Waals surface area contributed by atoms with Crippen LogP contribution in [0.4, 0.5) is 0 Å². The molecule has 0 aliphatic heterocycles. The van der Waals surface area contributed by atoms with E-state index in [1.54, 1.807) is 0 Å². The van der Waals surface area contributed by atoms with Crippen LogP contribution < -0.4 is 5.32 Å². The molecule has 1 rings (SSSR count). The maximum absolute atomic E-state index is 3.57. The summed E-state index contributed by atoms with van der Waals surface area (Å²) >= 11 is 3.57. The molecule has 0 spiro atoms. The fourth-order valence-electron chi connectivity index (χ4n) is 2.07. The maximum atomic E-state index is 3.57. The zero-order valence-corrected chi connectivity index (χ0v) is 13.7. The highest BCUT2D eigenvalue weighted by Gasteiger charge is 2.16. The van der Waals surface area contributed by atoms with Gasteiger partial charge in [0.05, 0.1) is 0 Å². The Morgan fingerprint density at radius 1 is 1.28 bits per heavy atom. The lowest BCUT2D eigenvalue weighted by atomic mass is 9.84. The zero-order valence-electron chi connectivity index (χ0n) is 12.1. The first-order valence-electron chi connectivity index (χ1n) is 6.88. The van der Waals surface area contributed by atoms with E-state index >= 15 is 0 Å². The summed E-state index contributed by atoms with van der Waals surface area (Å²) in [5.74, 6) is 0.613. The van der Waals surface area contributed by atoms with Crippen LogP contribution in [0.5, 0.6) is 0 Å². The number of nitrogens with one attached hydrogen (secondary N) is 1. The van der Waals surface area contributed by atoms with Crippen LogP contribution in [-0.2, 0) is 0 Å². The van der Waals surface area contributed by atoms with E-state index in [4.69, 9.17) is 0 Å². The van der Waals surface area contributed by atoms with Gasteiger partial charge >= 0.3 is 0 Å². The molecular formula is C16H26BrN. The van der Waals surface area contributed by atoms with E-state index in [-0.39, 0.29) is 0 Å². The second-order valence-electron chi connectivity index (χ2n) is 6.16. The summed E-state index contributed by atoms with van der Waals surface area (Å²) < 4.78 is 1.18. The van der Waals surface area contributed by atoms with Gasteiger partial charge in [-0.2, -0.15) is 0 Å². The summed E-state index contributed by atoms with van der Waals surface area (Å²) in [5, 5.41) is 3.49. The number of hydrogen-bond donors (Lipinski definition) is 1. The molecule has 0 radical (unpaired) electrons. The normalized spacial score (nSPS) is 13.6. The van der Waals surface area contributed by atoms with Crippen LogP contribution in [0.3, 0.4) is 0 Å². The van der Waals surface area contributed by atoms with Gasteiger partial charge in [0, 0.05) is 11.0 Å². The second-order valence-corrected chi connectivity index (χ2v) is 7.07. The minimum absolute atomic E-state index is 0.413. The van der Waals surface area contributed by atoms with E-state index in [0.717, 1.165) is 13.1 Å². The highest BCUT2D eigenvalue weighted by Crippen LogP contribution is 2.29. The third-order valence-corrected chi connectivity index (χ3v) is 3.70. The molecule has 0 saturated carbocycles. The van der Waals surface area contributed by atoms with Crippen molar-refractivity contribution in [2.45, 2.75) is 46.5 Å². The molecule has 18 heavy (non-hydrogen) atoms. The van der Waals surface area contributed by atoms with Crippen molar-refractivity contribution in [2.24, 2.45) is 5.41 Å². The van der Waals surface area contributed by atoms with Crippen molar-refractivity contribution in [2.75, 3.05) is 13.1 Å². The predicted octanol–water partition coefficient (Wildman–Crippen LogP) is 4.97. The molecule has 2 heteroatoms. The number of likely N-dealkylation sites (N-methyl/N-ethyl adjacent to an activating group) is 1. The molecule has 0 saturated heterocycles. The Balaban J connectivity index is 2.71. The molecular weight excluding hydrogens is 286 g/mol. The van der Waals surface area contributed by atoms with Gasteiger partial charge in [-0.05, 0) is 48.4 Å². The van der Waals surface area contributed by atoms with Crippen LogP contribution in [0.25, 0.3) is 0 Å². The molecule has 0 heterocycles. The van der Waals surface area contributed by atoms with E-state index in [9.17, 15) is 0 Å². The summed E-state index contributed by atoms with van der Waals surface area (Å²) in [4.78, 5) is 0. The molecule has 1 unspecified atom stereocenters. The fourth-order valence-corrected chi connectivity index (χ4v) is 2.49. The average Bonchev–Trinajstić information content (AvgIpc) is 2.28. The monoisotopic (exact) mass is 311 g/mol. The van der Waals surface area contributed by atoms with Gasteiger partial charge in [-0.3, -0.25) is 0 Å². The first-order chi connectivity index (χ1) is 8.42. The topological polar surface area (TPSA) is 12.0 Å². The standard InChI is InChI=1S/C16H26BrN/c1-5-18-12-14(9-10-16(2,3)4)13-7-6-8-15(17)11-13/h6-8,11,14,18H,5,9-10,12H2,1-4H3. The van der Waals surface area contributed by atoms with Crippen LogP contribution in [-0.4, -0.2) is 13.1 Å². The van der Waals surface area contributed by atoms with Gasteiger partial charge in [-0.25, -0.2) is 0 Å². The molecule has 0 fully saturated rings. The summed E-state index contributed by atoms with van der Waals surface area (Å²) in [6.45, 7) is 11.2. The Morgan fingerprint density at radius 3 is 2.56 bits per heavy atom. The van der Waals surface area contributed by atoms with Crippen LogP contribution in [0.15, 0.2) is 28.7 Å². The molecule has 0 aliphatic carbocycles. The highest BCUT2D eigenvalue weighted by atomic mass is 79.9. The van der Waals surface area contributed by atoms with Crippen molar-refractivity contribution in [1.29, 1.82) is 0 Å². The third kappa shape index (κ3) is 6.01. The quantitative estimate of drug-likeness (QED) is 0.782. The smallest absolute Gasteiger partial charge is 0.0178 e. The highest BCUT2D eigenvalue weighted by molar-refractivity contribution is 9.10. The largest absolute Gasteiger partial charge is 0.316 e. The molecule has 1 aromatic carbocycles. The van der Waals surface area contributed by atoms with E-state index < -0.39 is 0 Å². The predicted molar refractivity (Wildman–Crippen MR) is 84.1 cm³/mol. The van der Waals surface area contributed by atoms with Crippen LogP contribution in [0.2, 0.25) is 0 Å². The van der Waals surface area contributed by atoms with Crippen molar-refractivity contribution in [3.63, 3.8) is 0 Å².